The monoisotopic (exact) mass is 911 g/mol. The molecule has 0 bridgehead atoms. The second kappa shape index (κ2) is 43.1. The molecule has 1 aliphatic carbocycles. The molecular formula is C60H78O7. The predicted molar refractivity (Wildman–Crippen MR) is 280 cm³/mol. The Labute approximate surface area is 404 Å². The lowest BCUT2D eigenvalue weighted by atomic mass is 9.87. The van der Waals surface area contributed by atoms with Crippen LogP contribution in [0, 0.1) is 12.8 Å². The molecule has 7 nitrogen and oxygen atoms in total. The third-order valence-electron chi connectivity index (χ3n) is 9.87. The van der Waals surface area contributed by atoms with E-state index in [0.717, 1.165) is 49.7 Å². The predicted octanol–water partition coefficient (Wildman–Crippen LogP) is 15.6. The summed E-state index contributed by atoms with van der Waals surface area (Å²) >= 11 is 0. The van der Waals surface area contributed by atoms with Gasteiger partial charge in [-0.15, -0.1) is 0 Å². The Morgan fingerprint density at radius 1 is 0.418 bits per heavy atom. The van der Waals surface area contributed by atoms with E-state index in [9.17, 15) is 0 Å². The molecular weight excluding hydrogens is 833 g/mol. The van der Waals surface area contributed by atoms with E-state index in [1.165, 1.54) is 97.7 Å². The average Bonchev–Trinajstić information content (AvgIpc) is 3.39. The van der Waals surface area contributed by atoms with Crippen molar-refractivity contribution in [1.29, 1.82) is 0 Å². The van der Waals surface area contributed by atoms with Gasteiger partial charge in [-0.2, -0.15) is 0 Å². The normalized spacial score (nSPS) is 10.8. The van der Waals surface area contributed by atoms with Crippen molar-refractivity contribution in [3.05, 3.63) is 250 Å². The van der Waals surface area contributed by atoms with E-state index in [4.69, 9.17) is 33.2 Å². The Morgan fingerprint density at radius 3 is 1.25 bits per heavy atom. The molecule has 0 aromatic heterocycles. The van der Waals surface area contributed by atoms with E-state index in [1.54, 1.807) is 13.4 Å². The van der Waals surface area contributed by atoms with Crippen molar-refractivity contribution >= 4 is 0 Å². The van der Waals surface area contributed by atoms with Crippen LogP contribution in [0.25, 0.3) is 0 Å². The highest BCUT2D eigenvalue weighted by atomic mass is 16.5. The fraction of sp³-hybridized carbons (Fsp3) is 0.300. The Bertz CT molecular complexity index is 1910. The summed E-state index contributed by atoms with van der Waals surface area (Å²) in [5.74, 6) is 1.79. The lowest BCUT2D eigenvalue weighted by molar-refractivity contribution is 0.204. The van der Waals surface area contributed by atoms with E-state index >= 15 is 0 Å². The number of hydrogen-bond acceptors (Lipinski definition) is 7. The summed E-state index contributed by atoms with van der Waals surface area (Å²) in [6.45, 7) is 27.1. The summed E-state index contributed by atoms with van der Waals surface area (Å²) in [7, 11) is 1.65. The Balaban J connectivity index is 0.000000402. The summed E-state index contributed by atoms with van der Waals surface area (Å²) < 4.78 is 35.2. The highest BCUT2D eigenvalue weighted by Gasteiger charge is 2.12. The maximum atomic E-state index is 5.10. The molecule has 0 spiro atoms. The fourth-order valence-electron chi connectivity index (χ4n) is 6.23. The minimum Gasteiger partial charge on any atom is -0.502 e. The molecule has 0 heterocycles. The Kier molecular flexibility index (Phi) is 37.4. The summed E-state index contributed by atoms with van der Waals surface area (Å²) in [6.07, 6.45) is 20.3. The lowest BCUT2D eigenvalue weighted by Gasteiger charge is -2.20. The van der Waals surface area contributed by atoms with E-state index in [1.807, 2.05) is 78.9 Å². The first-order chi connectivity index (χ1) is 32.9. The number of methoxy groups -OCH3 is 1. The summed E-state index contributed by atoms with van der Waals surface area (Å²) in [5.41, 5.74) is 7.39. The van der Waals surface area contributed by atoms with Gasteiger partial charge in [0.1, 0.15) is 25.6 Å². The van der Waals surface area contributed by atoms with Crippen molar-refractivity contribution in [3.8, 4) is 5.75 Å². The van der Waals surface area contributed by atoms with Crippen molar-refractivity contribution in [2.24, 2.45) is 5.92 Å². The molecule has 0 N–H and O–H groups in total. The van der Waals surface area contributed by atoms with Gasteiger partial charge in [0, 0.05) is 6.42 Å². The van der Waals surface area contributed by atoms with Gasteiger partial charge in [0.15, 0.2) is 0 Å². The van der Waals surface area contributed by atoms with Gasteiger partial charge in [-0.3, -0.25) is 0 Å². The highest BCUT2D eigenvalue weighted by molar-refractivity contribution is 5.26. The largest absolute Gasteiger partial charge is 0.502 e. The van der Waals surface area contributed by atoms with Gasteiger partial charge in [-0.25, -0.2) is 0 Å². The molecule has 0 aliphatic heterocycles. The van der Waals surface area contributed by atoms with Crippen molar-refractivity contribution in [2.45, 2.75) is 84.5 Å². The molecule has 5 aromatic rings. The number of benzene rings is 5. The van der Waals surface area contributed by atoms with Gasteiger partial charge in [-0.05, 0) is 72.1 Å². The van der Waals surface area contributed by atoms with Crippen LogP contribution in [0.15, 0.2) is 217 Å². The smallest absolute Gasteiger partial charge is 0.118 e. The van der Waals surface area contributed by atoms with Crippen LogP contribution in [0.1, 0.15) is 78.3 Å². The molecule has 0 unspecified atom stereocenters. The van der Waals surface area contributed by atoms with Crippen LogP contribution in [-0.2, 0) is 61.1 Å². The zero-order chi connectivity index (χ0) is 48.7. The molecule has 1 saturated carbocycles. The standard InChI is InChI=1S/C11H14O.C10H12O2.C10H12O.C10H18O.C10H12O.C9H10O/c1-2-12-10-6-9-11-7-4-3-5-8-11;1-3-12-8-9-4-6-10(11-2)7-5-9;1-3-11-8-10-6-4-9(2)5-7-10;2*1-2-11-9-8-10-6-4-3-5-7-10;1-2-10-8-9-6-4-3-5-7-9/h2-5,7-8H,1,6,9-10H2;3-7H,1,8H2,2H3;3-7H,1,8H2,2H3;2,10H,1,3-9H2;2-7H,1,8-9H2;2-7H,1,8H2. The molecule has 7 heteroatoms. The van der Waals surface area contributed by atoms with Crippen LogP contribution in [0.5, 0.6) is 5.75 Å². The summed E-state index contributed by atoms with van der Waals surface area (Å²) in [5, 5.41) is 0. The molecule has 360 valence electrons. The topological polar surface area (TPSA) is 64.6 Å². The van der Waals surface area contributed by atoms with Crippen molar-refractivity contribution in [1.82, 2.24) is 0 Å². The molecule has 1 aliphatic rings. The SMILES string of the molecule is C=COCCC1CCCCC1.C=COCCCc1ccccc1.C=COCCc1ccccc1.C=COCc1ccc(C)cc1.C=COCc1ccc(OC)cc1.C=COCc1ccccc1. The number of ether oxygens (including phenoxy) is 7. The van der Waals surface area contributed by atoms with Gasteiger partial charge in [0.25, 0.3) is 0 Å². The molecule has 5 aromatic carbocycles. The Hall–Kier alpha value is -6.86. The van der Waals surface area contributed by atoms with E-state index < -0.39 is 0 Å². The molecule has 0 radical (unpaired) electrons. The van der Waals surface area contributed by atoms with Crippen molar-refractivity contribution in [3.63, 3.8) is 0 Å². The second-order valence-corrected chi connectivity index (χ2v) is 15.0. The maximum Gasteiger partial charge on any atom is 0.118 e. The number of hydrogen-bond donors (Lipinski definition) is 0. The summed E-state index contributed by atoms with van der Waals surface area (Å²) in [6, 6.07) is 46.6. The van der Waals surface area contributed by atoms with Crippen molar-refractivity contribution < 1.29 is 33.2 Å². The molecule has 0 amide bonds. The van der Waals surface area contributed by atoms with Crippen molar-refractivity contribution in [2.75, 3.05) is 26.9 Å². The van der Waals surface area contributed by atoms with Gasteiger partial charge < -0.3 is 33.2 Å². The number of aryl methyl sites for hydroxylation is 2. The third-order valence-corrected chi connectivity index (χ3v) is 9.87. The molecule has 67 heavy (non-hydrogen) atoms. The van der Waals surface area contributed by atoms with Crippen LogP contribution >= 0.6 is 0 Å². The summed E-state index contributed by atoms with van der Waals surface area (Å²) in [4.78, 5) is 0. The molecule has 6 rings (SSSR count). The Morgan fingerprint density at radius 2 is 0.806 bits per heavy atom. The first-order valence-corrected chi connectivity index (χ1v) is 23.1. The first-order valence-electron chi connectivity index (χ1n) is 23.1. The van der Waals surface area contributed by atoms with E-state index in [2.05, 4.69) is 107 Å². The zero-order valence-corrected chi connectivity index (χ0v) is 40.5. The van der Waals surface area contributed by atoms with E-state index in [0.29, 0.717) is 26.4 Å². The maximum absolute atomic E-state index is 5.10. The average molecular weight is 911 g/mol. The fourth-order valence-corrected chi connectivity index (χ4v) is 6.23. The lowest BCUT2D eigenvalue weighted by Crippen LogP contribution is -2.08. The second-order valence-electron chi connectivity index (χ2n) is 15.0. The van der Waals surface area contributed by atoms with Gasteiger partial charge >= 0.3 is 0 Å². The quantitative estimate of drug-likeness (QED) is 0.0478. The molecule has 0 saturated heterocycles. The van der Waals surface area contributed by atoms with Crippen LogP contribution in [0.2, 0.25) is 0 Å². The zero-order valence-electron chi connectivity index (χ0n) is 40.5. The van der Waals surface area contributed by atoms with Crippen LogP contribution in [0.4, 0.5) is 0 Å². The van der Waals surface area contributed by atoms with Gasteiger partial charge in [0.2, 0.25) is 0 Å². The van der Waals surface area contributed by atoms with Gasteiger partial charge in [0.05, 0.1) is 64.5 Å². The molecule has 0 atom stereocenters. The highest BCUT2D eigenvalue weighted by Crippen LogP contribution is 2.26. The minimum atomic E-state index is 0.563. The molecule has 1 fully saturated rings. The van der Waals surface area contributed by atoms with Gasteiger partial charge in [-0.1, -0.05) is 205 Å². The first kappa shape index (κ1) is 58.2. The van der Waals surface area contributed by atoms with E-state index in [-0.39, 0.29) is 0 Å². The number of rotatable bonds is 23. The third kappa shape index (κ3) is 34.2. The van der Waals surface area contributed by atoms with Crippen LogP contribution in [-0.4, -0.2) is 26.9 Å². The van der Waals surface area contributed by atoms with Crippen LogP contribution in [0.3, 0.4) is 0 Å². The minimum absolute atomic E-state index is 0.563. The van der Waals surface area contributed by atoms with Crippen LogP contribution < -0.4 is 4.74 Å².